The minimum Gasteiger partial charge on any atom is -0.444 e. The van der Waals surface area contributed by atoms with Gasteiger partial charge in [-0.05, 0) is 46.1 Å². The van der Waals surface area contributed by atoms with Gasteiger partial charge in [-0.2, -0.15) is 0 Å². The Morgan fingerprint density at radius 1 is 1.34 bits per heavy atom. The normalized spacial score (nSPS) is 17.8. The van der Waals surface area contributed by atoms with E-state index >= 15 is 0 Å². The minimum absolute atomic E-state index is 0.146. The van der Waals surface area contributed by atoms with Crippen LogP contribution in [0, 0.1) is 11.3 Å². The molecule has 0 fully saturated rings. The number of nitrogens with zero attached hydrogens (tertiary/aromatic N) is 1. The van der Waals surface area contributed by atoms with Gasteiger partial charge in [0, 0.05) is 35.9 Å². The van der Waals surface area contributed by atoms with Crippen molar-refractivity contribution in [2.24, 2.45) is 11.7 Å². The van der Waals surface area contributed by atoms with Crippen LogP contribution in [0.5, 0.6) is 0 Å². The molecular formula is C23H41N3O3. The molecule has 1 amide bonds. The number of hydrogen-bond donors (Lipinski definition) is 2. The summed E-state index contributed by atoms with van der Waals surface area (Å²) in [6, 6.07) is -0.146. The van der Waals surface area contributed by atoms with Crippen LogP contribution in [0.4, 0.5) is 4.79 Å². The first-order chi connectivity index (χ1) is 13.4. The van der Waals surface area contributed by atoms with Gasteiger partial charge in [-0.1, -0.05) is 40.7 Å². The zero-order chi connectivity index (χ0) is 22.8. The van der Waals surface area contributed by atoms with Gasteiger partial charge in [0.05, 0.1) is 6.04 Å². The van der Waals surface area contributed by atoms with E-state index in [0.717, 1.165) is 30.5 Å². The molecule has 0 spiro atoms. The fraction of sp³-hybridized carbons (Fsp3) is 0.696. The van der Waals surface area contributed by atoms with Crippen molar-refractivity contribution in [2.75, 3.05) is 6.54 Å². The van der Waals surface area contributed by atoms with Crippen LogP contribution in [0.15, 0.2) is 23.9 Å². The second-order valence-corrected chi connectivity index (χ2v) is 8.43. The lowest BCUT2D eigenvalue weighted by Gasteiger charge is -2.38. The van der Waals surface area contributed by atoms with Gasteiger partial charge in [0.1, 0.15) is 5.60 Å². The molecule has 1 rings (SSSR count). The highest BCUT2D eigenvalue weighted by atomic mass is 16.6. The van der Waals surface area contributed by atoms with E-state index < -0.39 is 5.60 Å². The van der Waals surface area contributed by atoms with Crippen LogP contribution >= 0.6 is 0 Å². The Bertz CT molecular complexity index is 617. The van der Waals surface area contributed by atoms with Crippen LogP contribution in [0.3, 0.4) is 0 Å². The summed E-state index contributed by atoms with van der Waals surface area (Å²) >= 11 is 0. The molecule has 1 heterocycles. The van der Waals surface area contributed by atoms with Crippen molar-refractivity contribution in [2.45, 2.75) is 92.2 Å². The predicted octanol–water partition coefficient (Wildman–Crippen LogP) is 5.23. The highest BCUT2D eigenvalue weighted by Crippen LogP contribution is 2.27. The van der Waals surface area contributed by atoms with Gasteiger partial charge in [-0.3, -0.25) is 4.79 Å². The summed E-state index contributed by atoms with van der Waals surface area (Å²) in [6.07, 6.45) is 4.91. The number of ether oxygens (including phenoxy) is 1. The monoisotopic (exact) mass is 407 g/mol. The van der Waals surface area contributed by atoms with Gasteiger partial charge in [0.15, 0.2) is 5.78 Å². The summed E-state index contributed by atoms with van der Waals surface area (Å²) in [5, 5.41) is 8.24. The molecule has 0 radical (unpaired) electrons. The van der Waals surface area contributed by atoms with Crippen LogP contribution in [0.25, 0.3) is 0 Å². The largest absolute Gasteiger partial charge is 0.444 e. The number of nitrogens with one attached hydrogen (secondary N) is 1. The summed E-state index contributed by atoms with van der Waals surface area (Å²) < 4.78 is 5.49. The molecule has 2 atom stereocenters. The van der Waals surface area contributed by atoms with E-state index in [-0.39, 0.29) is 23.8 Å². The molecule has 29 heavy (non-hydrogen) atoms. The molecule has 6 nitrogen and oxygen atoms in total. The molecule has 2 unspecified atom stereocenters. The lowest BCUT2D eigenvalue weighted by atomic mass is 9.90. The average Bonchev–Trinajstić information content (AvgIpc) is 2.65. The van der Waals surface area contributed by atoms with Crippen molar-refractivity contribution in [3.63, 3.8) is 0 Å². The van der Waals surface area contributed by atoms with Gasteiger partial charge >= 0.3 is 6.09 Å². The molecule has 3 N–H and O–H groups in total. The predicted molar refractivity (Wildman–Crippen MR) is 120 cm³/mol. The molecule has 0 aromatic heterocycles. The number of carbonyl (C=O) groups is 2. The fourth-order valence-corrected chi connectivity index (χ4v) is 3.05. The third-order valence-electron chi connectivity index (χ3n) is 4.82. The number of amides is 1. The first-order valence-corrected chi connectivity index (χ1v) is 10.6. The Kier molecular flexibility index (Phi) is 11.5. The molecule has 1 aliphatic rings. The van der Waals surface area contributed by atoms with E-state index in [9.17, 15) is 9.59 Å². The average molecular weight is 408 g/mol. The summed E-state index contributed by atoms with van der Waals surface area (Å²) in [4.78, 5) is 24.7. The minimum atomic E-state index is -0.515. The van der Waals surface area contributed by atoms with Crippen molar-refractivity contribution >= 4 is 17.6 Å². The number of allylic oxidation sites excluding steroid dienone is 1. The van der Waals surface area contributed by atoms with Crippen molar-refractivity contribution in [1.82, 2.24) is 4.90 Å². The summed E-state index contributed by atoms with van der Waals surface area (Å²) in [6.45, 7) is 17.5. The van der Waals surface area contributed by atoms with Crippen LogP contribution in [0.1, 0.15) is 80.6 Å². The summed E-state index contributed by atoms with van der Waals surface area (Å²) in [5.41, 5.74) is 7.74. The standard InChI is InChI=1S/C16H29N3O2.C7H12O/c1-6-8-11(17)14-12(18)9-10-19(13(14)7-2)15(20)21-16(3,4)5;1-4-6(3)7(8)5-2/h13,17H,6-10,18H2,1-5H3;5-6H,2,4H2,1,3H3. The van der Waals surface area contributed by atoms with Crippen LogP contribution in [0.2, 0.25) is 0 Å². The molecule has 0 saturated carbocycles. The number of rotatable bonds is 7. The fourth-order valence-electron chi connectivity index (χ4n) is 3.05. The maximum atomic E-state index is 12.4. The maximum absolute atomic E-state index is 12.4. The highest BCUT2D eigenvalue weighted by Gasteiger charge is 2.34. The SMILES string of the molecule is C=CC(=O)C(C)CC.CCCC(=N)C1=C(N)CCN(C(=O)OC(C)(C)C)C1CC. The number of carbonyl (C=O) groups excluding carboxylic acids is 2. The lowest BCUT2D eigenvalue weighted by molar-refractivity contribution is -0.117. The van der Waals surface area contributed by atoms with E-state index in [4.69, 9.17) is 15.9 Å². The summed E-state index contributed by atoms with van der Waals surface area (Å²) in [7, 11) is 0. The van der Waals surface area contributed by atoms with Crippen molar-refractivity contribution < 1.29 is 14.3 Å². The van der Waals surface area contributed by atoms with E-state index in [0.29, 0.717) is 25.1 Å². The highest BCUT2D eigenvalue weighted by molar-refractivity contribution is 6.00. The zero-order valence-corrected chi connectivity index (χ0v) is 19.4. The number of nitrogens with two attached hydrogens (primary N) is 1. The van der Waals surface area contributed by atoms with Crippen LogP contribution in [-0.2, 0) is 9.53 Å². The van der Waals surface area contributed by atoms with Gasteiger partial charge in [-0.15, -0.1) is 0 Å². The van der Waals surface area contributed by atoms with Crippen LogP contribution in [-0.4, -0.2) is 40.7 Å². The Hall–Kier alpha value is -2.11. The molecule has 0 aromatic carbocycles. The van der Waals surface area contributed by atoms with E-state index in [1.54, 1.807) is 4.90 Å². The molecule has 6 heteroatoms. The lowest BCUT2D eigenvalue weighted by Crippen LogP contribution is -2.49. The molecule has 0 saturated heterocycles. The molecular weight excluding hydrogens is 366 g/mol. The topological polar surface area (TPSA) is 96.5 Å². The third-order valence-corrected chi connectivity index (χ3v) is 4.82. The first kappa shape index (κ1) is 26.9. The molecule has 1 aliphatic heterocycles. The molecule has 0 bridgehead atoms. The van der Waals surface area contributed by atoms with Crippen LogP contribution < -0.4 is 5.73 Å². The van der Waals surface area contributed by atoms with Crippen molar-refractivity contribution in [1.29, 1.82) is 5.41 Å². The molecule has 0 aromatic rings. The van der Waals surface area contributed by atoms with E-state index in [1.165, 1.54) is 6.08 Å². The van der Waals surface area contributed by atoms with Gasteiger partial charge in [-0.25, -0.2) is 4.79 Å². The van der Waals surface area contributed by atoms with Crippen molar-refractivity contribution in [3.8, 4) is 0 Å². The van der Waals surface area contributed by atoms with E-state index in [1.807, 2.05) is 48.5 Å². The van der Waals surface area contributed by atoms with E-state index in [2.05, 4.69) is 6.58 Å². The quantitative estimate of drug-likeness (QED) is 0.446. The Labute approximate surface area is 177 Å². The Morgan fingerprint density at radius 2 is 1.93 bits per heavy atom. The molecule has 166 valence electrons. The summed E-state index contributed by atoms with van der Waals surface area (Å²) in [5.74, 6) is 0.306. The Morgan fingerprint density at radius 3 is 2.31 bits per heavy atom. The second kappa shape index (κ2) is 12.5. The molecule has 0 aliphatic carbocycles. The van der Waals surface area contributed by atoms with Crippen molar-refractivity contribution in [3.05, 3.63) is 23.9 Å². The number of ketones is 1. The maximum Gasteiger partial charge on any atom is 0.410 e. The van der Waals surface area contributed by atoms with Gasteiger partial charge in [0.25, 0.3) is 0 Å². The zero-order valence-electron chi connectivity index (χ0n) is 19.4. The second-order valence-electron chi connectivity index (χ2n) is 8.43. The number of hydrogen-bond acceptors (Lipinski definition) is 5. The first-order valence-electron chi connectivity index (χ1n) is 10.6. The smallest absolute Gasteiger partial charge is 0.410 e. The van der Waals surface area contributed by atoms with Gasteiger partial charge in [0.2, 0.25) is 0 Å². The van der Waals surface area contributed by atoms with Gasteiger partial charge < -0.3 is 20.8 Å². The third kappa shape index (κ3) is 8.84. The Balaban J connectivity index is 0.000000828.